The first kappa shape index (κ1) is 15.1. The van der Waals surface area contributed by atoms with Gasteiger partial charge in [0.15, 0.2) is 11.5 Å². The molecule has 0 amide bonds. The van der Waals surface area contributed by atoms with E-state index < -0.39 is 21.4 Å². The molecule has 10 heteroatoms. The summed E-state index contributed by atoms with van der Waals surface area (Å²) in [6.07, 6.45) is 0.977. The molecule has 0 aromatic heterocycles. The highest BCUT2D eigenvalue weighted by atomic mass is 32.2. The maximum absolute atomic E-state index is 12.1. The molecule has 0 atom stereocenters. The molecule has 6 nitrogen and oxygen atoms in total. The van der Waals surface area contributed by atoms with Crippen LogP contribution in [-0.2, 0) is 10.1 Å². The summed E-state index contributed by atoms with van der Waals surface area (Å²) in [5, 5.41) is 11.0. The monoisotopic (exact) mass is 299 g/mol. The van der Waals surface area contributed by atoms with Crippen molar-refractivity contribution in [3.63, 3.8) is 0 Å². The molecule has 19 heavy (non-hydrogen) atoms. The van der Waals surface area contributed by atoms with Crippen molar-refractivity contribution >= 4 is 16.3 Å². The maximum atomic E-state index is 12.1. The number of alkyl halides is 3. The number of hydrogen-bond donors (Lipinski definition) is 1. The molecule has 1 N–H and O–H groups in total. The van der Waals surface area contributed by atoms with Crippen LogP contribution in [0.3, 0.4) is 0 Å². The Bertz CT molecular complexity index is 582. The number of oxime groups is 1. The topological polar surface area (TPSA) is 85.2 Å². The Balaban J connectivity index is 3.16. The molecule has 0 aliphatic carbocycles. The van der Waals surface area contributed by atoms with Crippen molar-refractivity contribution in [1.29, 1.82) is 0 Å². The van der Waals surface area contributed by atoms with E-state index in [1.165, 1.54) is 6.07 Å². The van der Waals surface area contributed by atoms with Crippen LogP contribution in [0, 0.1) is 0 Å². The Morgan fingerprint density at radius 1 is 1.32 bits per heavy atom. The molecule has 1 aromatic carbocycles. The van der Waals surface area contributed by atoms with Gasteiger partial charge in [-0.1, -0.05) is 5.16 Å². The van der Waals surface area contributed by atoms with Crippen molar-refractivity contribution in [2.75, 3.05) is 7.11 Å². The van der Waals surface area contributed by atoms with Gasteiger partial charge in [0.05, 0.1) is 13.3 Å². The smallest absolute Gasteiger partial charge is 0.493 e. The van der Waals surface area contributed by atoms with Gasteiger partial charge >= 0.3 is 15.6 Å². The van der Waals surface area contributed by atoms with Crippen molar-refractivity contribution in [2.45, 2.75) is 5.51 Å². The maximum Gasteiger partial charge on any atom is 0.534 e. The molecule has 0 spiro atoms. The normalized spacial score (nSPS) is 12.6. The molecule has 0 radical (unpaired) electrons. The lowest BCUT2D eigenvalue weighted by Gasteiger charge is -2.12. The molecule has 0 unspecified atom stereocenters. The van der Waals surface area contributed by atoms with Crippen molar-refractivity contribution in [3.05, 3.63) is 23.8 Å². The number of hydrogen-bond acceptors (Lipinski definition) is 6. The SMILES string of the molecule is COc1cc(C=NO)ccc1OS(=O)(=O)C(F)(F)F. The van der Waals surface area contributed by atoms with Crippen LogP contribution in [0.5, 0.6) is 11.5 Å². The van der Waals surface area contributed by atoms with Gasteiger partial charge in [-0.25, -0.2) is 0 Å². The highest BCUT2D eigenvalue weighted by Gasteiger charge is 2.48. The van der Waals surface area contributed by atoms with Gasteiger partial charge in [-0.2, -0.15) is 21.6 Å². The molecule has 0 aliphatic heterocycles. The van der Waals surface area contributed by atoms with Crippen molar-refractivity contribution in [3.8, 4) is 11.5 Å². The molecule has 0 saturated carbocycles. The predicted octanol–water partition coefficient (Wildman–Crippen LogP) is 1.73. The highest BCUT2D eigenvalue weighted by molar-refractivity contribution is 7.88. The third-order valence-corrected chi connectivity index (χ3v) is 2.84. The average Bonchev–Trinajstić information content (AvgIpc) is 2.29. The summed E-state index contributed by atoms with van der Waals surface area (Å²) >= 11 is 0. The second-order valence-corrected chi connectivity index (χ2v) is 4.68. The van der Waals surface area contributed by atoms with E-state index in [9.17, 15) is 21.6 Å². The summed E-state index contributed by atoms with van der Waals surface area (Å²) < 4.78 is 66.7. The lowest BCUT2D eigenvalue weighted by atomic mass is 10.2. The van der Waals surface area contributed by atoms with Gasteiger partial charge < -0.3 is 14.1 Å². The molecule has 0 saturated heterocycles. The second-order valence-electron chi connectivity index (χ2n) is 3.14. The molecule has 1 aromatic rings. The van der Waals surface area contributed by atoms with E-state index in [1.807, 2.05) is 0 Å². The third kappa shape index (κ3) is 3.50. The lowest BCUT2D eigenvalue weighted by molar-refractivity contribution is -0.0500. The van der Waals surface area contributed by atoms with E-state index in [0.717, 1.165) is 25.5 Å². The fourth-order valence-corrected chi connectivity index (χ4v) is 1.53. The molecule has 0 fully saturated rings. The number of rotatable bonds is 4. The number of benzene rings is 1. The quantitative estimate of drug-likeness (QED) is 0.301. The standard InChI is InChI=1S/C9H8F3NO5S/c1-17-8-4-6(5-13-14)2-3-7(8)18-19(15,16)9(10,11)12/h2-5,14H,1H3. The first-order chi connectivity index (χ1) is 8.71. The third-order valence-electron chi connectivity index (χ3n) is 1.88. The van der Waals surface area contributed by atoms with Crippen LogP contribution >= 0.6 is 0 Å². The highest BCUT2D eigenvalue weighted by Crippen LogP contribution is 2.33. The van der Waals surface area contributed by atoms with E-state index in [2.05, 4.69) is 9.34 Å². The number of ether oxygens (including phenoxy) is 1. The zero-order chi connectivity index (χ0) is 14.7. The Labute approximate surface area is 106 Å². The van der Waals surface area contributed by atoms with Gasteiger partial charge in [-0.3, -0.25) is 0 Å². The second kappa shape index (κ2) is 5.34. The molecular formula is C9H8F3NO5S. The summed E-state index contributed by atoms with van der Waals surface area (Å²) in [5.74, 6) is -0.889. The molecule has 106 valence electrons. The Kier molecular flexibility index (Phi) is 4.24. The number of halogens is 3. The van der Waals surface area contributed by atoms with Gasteiger partial charge in [-0.05, 0) is 18.2 Å². The lowest BCUT2D eigenvalue weighted by Crippen LogP contribution is -2.28. The van der Waals surface area contributed by atoms with Crippen LogP contribution in [0.15, 0.2) is 23.4 Å². The van der Waals surface area contributed by atoms with Crippen molar-refractivity contribution in [2.24, 2.45) is 5.16 Å². The van der Waals surface area contributed by atoms with E-state index in [0.29, 0.717) is 0 Å². The van der Waals surface area contributed by atoms with Crippen LogP contribution in [0.1, 0.15) is 5.56 Å². The van der Waals surface area contributed by atoms with Crippen LogP contribution in [0.4, 0.5) is 13.2 Å². The number of methoxy groups -OCH3 is 1. The molecule has 0 bridgehead atoms. The fraction of sp³-hybridized carbons (Fsp3) is 0.222. The Hall–Kier alpha value is -1.97. The van der Waals surface area contributed by atoms with Crippen molar-refractivity contribution < 1.29 is 35.7 Å². The van der Waals surface area contributed by atoms with E-state index in [-0.39, 0.29) is 11.3 Å². The number of nitrogens with zero attached hydrogens (tertiary/aromatic N) is 1. The minimum absolute atomic E-state index is 0.259. The Morgan fingerprint density at radius 2 is 1.95 bits per heavy atom. The van der Waals surface area contributed by atoms with Gasteiger partial charge in [0.25, 0.3) is 0 Å². The summed E-state index contributed by atoms with van der Waals surface area (Å²) in [6, 6.07) is 3.27. The van der Waals surface area contributed by atoms with Crippen molar-refractivity contribution in [1.82, 2.24) is 0 Å². The van der Waals surface area contributed by atoms with Gasteiger partial charge in [-0.15, -0.1) is 0 Å². The summed E-state index contributed by atoms with van der Waals surface area (Å²) in [4.78, 5) is 0. The summed E-state index contributed by atoms with van der Waals surface area (Å²) in [5.41, 5.74) is -5.26. The van der Waals surface area contributed by atoms with E-state index >= 15 is 0 Å². The van der Waals surface area contributed by atoms with Crippen LogP contribution in [-0.4, -0.2) is 32.5 Å². The predicted molar refractivity (Wildman–Crippen MR) is 58.0 cm³/mol. The van der Waals surface area contributed by atoms with Gasteiger partial charge in [0.2, 0.25) is 0 Å². The van der Waals surface area contributed by atoms with E-state index in [1.54, 1.807) is 0 Å². The molecular weight excluding hydrogens is 291 g/mol. The first-order valence-corrected chi connectivity index (χ1v) is 5.98. The van der Waals surface area contributed by atoms with Gasteiger partial charge in [0.1, 0.15) is 0 Å². The van der Waals surface area contributed by atoms with Crippen LogP contribution in [0.2, 0.25) is 0 Å². The first-order valence-electron chi connectivity index (χ1n) is 4.57. The molecule has 0 heterocycles. The summed E-state index contributed by atoms with van der Waals surface area (Å²) in [6.45, 7) is 0. The zero-order valence-electron chi connectivity index (χ0n) is 9.38. The van der Waals surface area contributed by atoms with Gasteiger partial charge in [0, 0.05) is 5.56 Å². The van der Waals surface area contributed by atoms with Crippen LogP contribution < -0.4 is 8.92 Å². The fourth-order valence-electron chi connectivity index (χ4n) is 1.07. The largest absolute Gasteiger partial charge is 0.534 e. The van der Waals surface area contributed by atoms with Crippen LogP contribution in [0.25, 0.3) is 0 Å². The minimum atomic E-state index is -5.77. The molecule has 0 aliphatic rings. The minimum Gasteiger partial charge on any atom is -0.493 e. The average molecular weight is 299 g/mol. The zero-order valence-corrected chi connectivity index (χ0v) is 10.2. The Morgan fingerprint density at radius 3 is 2.42 bits per heavy atom. The van der Waals surface area contributed by atoms with E-state index in [4.69, 9.17) is 9.94 Å². The summed E-state index contributed by atoms with van der Waals surface area (Å²) in [7, 11) is -4.66. The molecule has 1 rings (SSSR count).